The van der Waals surface area contributed by atoms with Crippen molar-refractivity contribution in [2.75, 3.05) is 13.2 Å². The van der Waals surface area contributed by atoms with Crippen molar-refractivity contribution in [1.29, 1.82) is 0 Å². The van der Waals surface area contributed by atoms with Gasteiger partial charge in [0.2, 0.25) is 0 Å². The number of unbranched alkanes of at least 4 members (excludes halogenated alkanes) is 11. The van der Waals surface area contributed by atoms with Gasteiger partial charge in [0.1, 0.15) is 19.3 Å². The van der Waals surface area contributed by atoms with Crippen LogP contribution in [0.2, 0.25) is 0 Å². The van der Waals surface area contributed by atoms with Crippen molar-refractivity contribution < 1.29 is 29.3 Å². The number of hydrogen-bond donors (Lipinski definition) is 2. The summed E-state index contributed by atoms with van der Waals surface area (Å²) in [6, 6.07) is 0. The minimum atomic E-state index is -1.01. The van der Waals surface area contributed by atoms with E-state index in [9.17, 15) is 19.8 Å². The van der Waals surface area contributed by atoms with Crippen molar-refractivity contribution in [2.24, 2.45) is 5.92 Å². The first-order valence-electron chi connectivity index (χ1n) is 19.5. The number of aliphatic hydroxyl groups is 2. The zero-order valence-corrected chi connectivity index (χ0v) is 31.5. The second-order valence-corrected chi connectivity index (χ2v) is 13.4. The Kier molecular flexibility index (Phi) is 34.6. The monoisotopic (exact) mass is 685 g/mol. The van der Waals surface area contributed by atoms with Crippen LogP contribution in [0.25, 0.3) is 0 Å². The molecule has 0 aromatic rings. The number of esters is 2. The highest BCUT2D eigenvalue weighted by atomic mass is 16.6. The van der Waals surface area contributed by atoms with E-state index in [-0.39, 0.29) is 31.6 Å². The van der Waals surface area contributed by atoms with Crippen molar-refractivity contribution in [3.63, 3.8) is 0 Å². The molecular weight excluding hydrogens is 612 g/mol. The molecule has 1 unspecified atom stereocenters. The maximum Gasteiger partial charge on any atom is 0.306 e. The molecule has 0 aliphatic carbocycles. The summed E-state index contributed by atoms with van der Waals surface area (Å²) in [4.78, 5) is 23.9. The van der Waals surface area contributed by atoms with Crippen LogP contribution in [0.15, 0.2) is 72.9 Å². The standard InChI is InChI=1S/C43H72O6/c1-4-5-27-33-40(44)34-29-24-20-16-12-7-6-8-13-17-21-25-30-35-42(46)48-37-41(45)38-49-43(47)36-31-26-22-18-14-10-9-11-15-19-23-28-32-39(2)3/h5,7-8,12-13,20-21,24-25,27,29,34,39-41,44-45H,4,6,9-11,14-19,22-23,26,28,30-33,35-38H2,1-3H3/b12-7-,13-8-,24-20+,25-21-,27-5-,34-29+/t40?,41-/m1/s1. The summed E-state index contributed by atoms with van der Waals surface area (Å²) in [5, 5.41) is 19.8. The highest BCUT2D eigenvalue weighted by Gasteiger charge is 2.11. The van der Waals surface area contributed by atoms with E-state index in [1.54, 1.807) is 6.08 Å². The minimum absolute atomic E-state index is 0.151. The molecular formula is C43H72O6. The van der Waals surface area contributed by atoms with Crippen LogP contribution in [0.3, 0.4) is 0 Å². The molecule has 0 rings (SSSR count). The molecule has 0 spiro atoms. The highest BCUT2D eigenvalue weighted by Crippen LogP contribution is 2.14. The molecule has 280 valence electrons. The molecule has 2 atom stereocenters. The number of ether oxygens (including phenoxy) is 2. The third-order valence-electron chi connectivity index (χ3n) is 7.98. The van der Waals surface area contributed by atoms with Crippen LogP contribution >= 0.6 is 0 Å². The van der Waals surface area contributed by atoms with E-state index in [2.05, 4.69) is 57.2 Å². The summed E-state index contributed by atoms with van der Waals surface area (Å²) < 4.78 is 10.3. The van der Waals surface area contributed by atoms with Gasteiger partial charge in [-0.05, 0) is 50.9 Å². The van der Waals surface area contributed by atoms with Gasteiger partial charge in [0.25, 0.3) is 0 Å². The smallest absolute Gasteiger partial charge is 0.306 e. The Morgan fingerprint density at radius 3 is 1.61 bits per heavy atom. The molecule has 0 saturated heterocycles. The molecule has 6 heteroatoms. The van der Waals surface area contributed by atoms with Gasteiger partial charge in [-0.3, -0.25) is 9.59 Å². The summed E-state index contributed by atoms with van der Waals surface area (Å²) in [5.74, 6) is 0.149. The lowest BCUT2D eigenvalue weighted by Crippen LogP contribution is -2.25. The molecule has 0 amide bonds. The average Bonchev–Trinajstić information content (AvgIpc) is 3.08. The first-order chi connectivity index (χ1) is 23.8. The number of carbonyl (C=O) groups is 2. The van der Waals surface area contributed by atoms with Gasteiger partial charge in [0, 0.05) is 12.8 Å². The molecule has 49 heavy (non-hydrogen) atoms. The second kappa shape index (κ2) is 36.6. The third kappa shape index (κ3) is 38.0. The predicted molar refractivity (Wildman–Crippen MR) is 206 cm³/mol. The molecule has 2 N–H and O–H groups in total. The maximum absolute atomic E-state index is 12.0. The lowest BCUT2D eigenvalue weighted by Gasteiger charge is -2.12. The zero-order valence-electron chi connectivity index (χ0n) is 31.5. The van der Waals surface area contributed by atoms with Gasteiger partial charge in [-0.2, -0.15) is 0 Å². The van der Waals surface area contributed by atoms with Gasteiger partial charge in [-0.15, -0.1) is 0 Å². The van der Waals surface area contributed by atoms with Crippen LogP contribution in [0.1, 0.15) is 156 Å². The zero-order chi connectivity index (χ0) is 36.0. The average molecular weight is 685 g/mol. The number of rotatable bonds is 33. The Bertz CT molecular complexity index is 942. The second-order valence-electron chi connectivity index (χ2n) is 13.4. The van der Waals surface area contributed by atoms with Gasteiger partial charge in [0.05, 0.1) is 6.10 Å². The number of carbonyl (C=O) groups excluding carboxylic acids is 2. The Morgan fingerprint density at radius 2 is 1.06 bits per heavy atom. The van der Waals surface area contributed by atoms with Gasteiger partial charge in [0.15, 0.2) is 0 Å². The van der Waals surface area contributed by atoms with Gasteiger partial charge < -0.3 is 19.7 Å². The van der Waals surface area contributed by atoms with Crippen LogP contribution in [0.4, 0.5) is 0 Å². The minimum Gasteiger partial charge on any atom is -0.463 e. The normalized spacial score (nSPS) is 13.8. The first kappa shape index (κ1) is 46.3. The summed E-state index contributed by atoms with van der Waals surface area (Å²) >= 11 is 0. The van der Waals surface area contributed by atoms with Crippen LogP contribution < -0.4 is 0 Å². The molecule has 0 saturated carbocycles. The Balaban J connectivity index is 3.63. The maximum atomic E-state index is 12.0. The van der Waals surface area contributed by atoms with Gasteiger partial charge >= 0.3 is 11.9 Å². The summed E-state index contributed by atoms with van der Waals surface area (Å²) in [5.41, 5.74) is 0. The quantitative estimate of drug-likeness (QED) is 0.0309. The lowest BCUT2D eigenvalue weighted by atomic mass is 10.0. The largest absolute Gasteiger partial charge is 0.463 e. The number of aliphatic hydroxyl groups excluding tert-OH is 2. The fourth-order valence-electron chi connectivity index (χ4n) is 5.03. The molecule has 0 fully saturated rings. The Hall–Kier alpha value is -2.70. The fourth-order valence-corrected chi connectivity index (χ4v) is 5.03. The van der Waals surface area contributed by atoms with Crippen molar-refractivity contribution in [1.82, 2.24) is 0 Å². The van der Waals surface area contributed by atoms with E-state index < -0.39 is 12.2 Å². The predicted octanol–water partition coefficient (Wildman–Crippen LogP) is 11.0. The third-order valence-corrected chi connectivity index (χ3v) is 7.98. The van der Waals surface area contributed by atoms with Crippen molar-refractivity contribution in [2.45, 2.75) is 168 Å². The Morgan fingerprint density at radius 1 is 0.571 bits per heavy atom. The van der Waals surface area contributed by atoms with Crippen molar-refractivity contribution >= 4 is 11.9 Å². The first-order valence-corrected chi connectivity index (χ1v) is 19.5. The van der Waals surface area contributed by atoms with E-state index in [4.69, 9.17) is 9.47 Å². The number of allylic oxidation sites excluding steroid dienone is 10. The molecule has 0 radical (unpaired) electrons. The van der Waals surface area contributed by atoms with Crippen LogP contribution in [0.5, 0.6) is 0 Å². The fraction of sp³-hybridized carbons (Fsp3) is 0.674. The SMILES string of the molecule is CC/C=C\CC(O)/C=C/C=C/C/C=C\C/C=C\C/C=C\CCC(=O)OC[C@@H](O)COC(=O)CCCCCCCCCCCCCCC(C)C. The highest BCUT2D eigenvalue weighted by molar-refractivity contribution is 5.70. The van der Waals surface area contributed by atoms with E-state index in [0.717, 1.165) is 50.9 Å². The summed E-state index contributed by atoms with van der Waals surface area (Å²) in [7, 11) is 0. The molecule has 0 aliphatic rings. The summed E-state index contributed by atoms with van der Waals surface area (Å²) in [6.07, 6.45) is 44.4. The Labute approximate surface area is 300 Å². The number of hydrogen-bond acceptors (Lipinski definition) is 6. The van der Waals surface area contributed by atoms with Gasteiger partial charge in [-0.1, -0.05) is 171 Å². The van der Waals surface area contributed by atoms with E-state index >= 15 is 0 Å². The van der Waals surface area contributed by atoms with Gasteiger partial charge in [-0.25, -0.2) is 0 Å². The molecule has 0 aliphatic heterocycles. The van der Waals surface area contributed by atoms with Crippen LogP contribution in [-0.2, 0) is 19.1 Å². The van der Waals surface area contributed by atoms with E-state index in [1.165, 1.54) is 64.2 Å². The van der Waals surface area contributed by atoms with Crippen molar-refractivity contribution in [3.05, 3.63) is 72.9 Å². The molecule has 0 bridgehead atoms. The summed E-state index contributed by atoms with van der Waals surface area (Å²) in [6.45, 7) is 6.36. The molecule has 0 aromatic carbocycles. The lowest BCUT2D eigenvalue weighted by molar-refractivity contribution is -0.152. The van der Waals surface area contributed by atoms with Crippen molar-refractivity contribution in [3.8, 4) is 0 Å². The van der Waals surface area contributed by atoms with Crippen LogP contribution in [-0.4, -0.2) is 47.6 Å². The van der Waals surface area contributed by atoms with E-state index in [0.29, 0.717) is 19.3 Å². The van der Waals surface area contributed by atoms with E-state index in [1.807, 2.05) is 30.4 Å². The molecule has 6 nitrogen and oxygen atoms in total. The molecule has 0 heterocycles. The topological polar surface area (TPSA) is 93.1 Å². The van der Waals surface area contributed by atoms with Crippen LogP contribution in [0, 0.1) is 5.92 Å². The molecule has 0 aromatic heterocycles.